The Kier molecular flexibility index (Phi) is 4.94. The SMILES string of the molecule is CCCCCCC1CNCCC1(C)C. The van der Waals surface area contributed by atoms with Gasteiger partial charge in [0.05, 0.1) is 0 Å². The second kappa shape index (κ2) is 5.75. The first kappa shape index (κ1) is 12.0. The van der Waals surface area contributed by atoms with Gasteiger partial charge < -0.3 is 5.32 Å². The van der Waals surface area contributed by atoms with Gasteiger partial charge in [-0.05, 0) is 37.3 Å². The summed E-state index contributed by atoms with van der Waals surface area (Å²) in [6, 6.07) is 0. The molecule has 1 nitrogen and oxygen atoms in total. The van der Waals surface area contributed by atoms with Crippen LogP contribution in [0.4, 0.5) is 0 Å². The lowest BCUT2D eigenvalue weighted by Gasteiger charge is -2.39. The number of hydrogen-bond donors (Lipinski definition) is 1. The highest BCUT2D eigenvalue weighted by Gasteiger charge is 2.31. The summed E-state index contributed by atoms with van der Waals surface area (Å²) in [7, 11) is 0. The predicted octanol–water partition coefficient (Wildman–Crippen LogP) is 3.59. The van der Waals surface area contributed by atoms with E-state index >= 15 is 0 Å². The molecule has 1 unspecified atom stereocenters. The molecule has 0 aromatic carbocycles. The normalized spacial score (nSPS) is 26.4. The van der Waals surface area contributed by atoms with Crippen LogP contribution in [0, 0.1) is 11.3 Å². The van der Waals surface area contributed by atoms with E-state index in [-0.39, 0.29) is 0 Å². The maximum absolute atomic E-state index is 3.53. The molecule has 84 valence electrons. The maximum Gasteiger partial charge on any atom is -0.00154 e. The lowest BCUT2D eigenvalue weighted by molar-refractivity contribution is 0.141. The molecule has 1 heterocycles. The van der Waals surface area contributed by atoms with Crippen LogP contribution in [0.5, 0.6) is 0 Å². The highest BCUT2D eigenvalue weighted by atomic mass is 14.9. The van der Waals surface area contributed by atoms with Gasteiger partial charge in [-0.1, -0.05) is 46.5 Å². The van der Waals surface area contributed by atoms with Crippen molar-refractivity contribution >= 4 is 0 Å². The largest absolute Gasteiger partial charge is 0.316 e. The van der Waals surface area contributed by atoms with Gasteiger partial charge >= 0.3 is 0 Å². The van der Waals surface area contributed by atoms with Crippen LogP contribution in [0.1, 0.15) is 59.3 Å². The standard InChI is InChI=1S/C13H27N/c1-4-5-6-7-8-12-11-14-10-9-13(12,2)3/h12,14H,4-11H2,1-3H3. The second-order valence-corrected chi connectivity index (χ2v) is 5.49. The molecule has 1 aliphatic heterocycles. The summed E-state index contributed by atoms with van der Waals surface area (Å²) in [6.45, 7) is 9.64. The lowest BCUT2D eigenvalue weighted by Crippen LogP contribution is -2.41. The summed E-state index contributed by atoms with van der Waals surface area (Å²) in [5, 5.41) is 3.53. The fourth-order valence-electron chi connectivity index (χ4n) is 2.48. The van der Waals surface area contributed by atoms with Crippen LogP contribution < -0.4 is 5.32 Å². The fraction of sp³-hybridized carbons (Fsp3) is 1.00. The molecule has 1 fully saturated rings. The first-order valence-corrected chi connectivity index (χ1v) is 6.37. The highest BCUT2D eigenvalue weighted by molar-refractivity contribution is 4.84. The smallest absolute Gasteiger partial charge is 0.00154 e. The van der Waals surface area contributed by atoms with E-state index in [0.29, 0.717) is 5.41 Å². The zero-order valence-corrected chi connectivity index (χ0v) is 10.2. The van der Waals surface area contributed by atoms with E-state index in [1.54, 1.807) is 0 Å². The number of piperidine rings is 1. The molecule has 14 heavy (non-hydrogen) atoms. The number of hydrogen-bond acceptors (Lipinski definition) is 1. The molecule has 0 spiro atoms. The minimum Gasteiger partial charge on any atom is -0.316 e. The molecule has 0 saturated carbocycles. The zero-order chi connectivity index (χ0) is 10.4. The molecular formula is C13H27N. The maximum atomic E-state index is 3.53. The molecular weight excluding hydrogens is 170 g/mol. The Bertz CT molecular complexity index is 151. The van der Waals surface area contributed by atoms with E-state index in [1.807, 2.05) is 0 Å². The molecule has 0 aromatic rings. The van der Waals surface area contributed by atoms with E-state index in [9.17, 15) is 0 Å². The molecule has 0 bridgehead atoms. The predicted molar refractivity (Wildman–Crippen MR) is 63.5 cm³/mol. The molecule has 1 rings (SSSR count). The first-order chi connectivity index (χ1) is 6.67. The van der Waals surface area contributed by atoms with Crippen molar-refractivity contribution < 1.29 is 0 Å². The van der Waals surface area contributed by atoms with Gasteiger partial charge in [-0.3, -0.25) is 0 Å². The van der Waals surface area contributed by atoms with Crippen molar-refractivity contribution in [2.45, 2.75) is 59.3 Å². The number of nitrogens with one attached hydrogen (secondary N) is 1. The van der Waals surface area contributed by atoms with Gasteiger partial charge in [-0.15, -0.1) is 0 Å². The van der Waals surface area contributed by atoms with Gasteiger partial charge in [0.2, 0.25) is 0 Å². The van der Waals surface area contributed by atoms with Crippen molar-refractivity contribution in [1.82, 2.24) is 5.32 Å². The van der Waals surface area contributed by atoms with Crippen molar-refractivity contribution in [3.05, 3.63) is 0 Å². The molecule has 0 radical (unpaired) electrons. The lowest BCUT2D eigenvalue weighted by atomic mass is 9.72. The first-order valence-electron chi connectivity index (χ1n) is 6.37. The van der Waals surface area contributed by atoms with E-state index in [4.69, 9.17) is 0 Å². The molecule has 1 aliphatic rings. The van der Waals surface area contributed by atoms with Crippen LogP contribution in [-0.4, -0.2) is 13.1 Å². The Balaban J connectivity index is 2.20. The van der Waals surface area contributed by atoms with Crippen molar-refractivity contribution in [2.75, 3.05) is 13.1 Å². The molecule has 0 amide bonds. The Hall–Kier alpha value is -0.0400. The van der Waals surface area contributed by atoms with Gasteiger partial charge in [0.1, 0.15) is 0 Å². The van der Waals surface area contributed by atoms with E-state index in [2.05, 4.69) is 26.1 Å². The van der Waals surface area contributed by atoms with Crippen molar-refractivity contribution in [3.63, 3.8) is 0 Å². The number of rotatable bonds is 5. The van der Waals surface area contributed by atoms with E-state index in [1.165, 1.54) is 51.6 Å². The summed E-state index contributed by atoms with van der Waals surface area (Å²) in [4.78, 5) is 0. The third-order valence-corrected chi connectivity index (χ3v) is 3.85. The van der Waals surface area contributed by atoms with Gasteiger partial charge in [-0.2, -0.15) is 0 Å². The summed E-state index contributed by atoms with van der Waals surface area (Å²) in [6.07, 6.45) is 8.42. The molecule has 0 aliphatic carbocycles. The van der Waals surface area contributed by atoms with Gasteiger partial charge in [0.15, 0.2) is 0 Å². The minimum absolute atomic E-state index is 0.581. The Labute approximate surface area is 89.7 Å². The van der Waals surface area contributed by atoms with E-state index in [0.717, 1.165) is 5.92 Å². The van der Waals surface area contributed by atoms with Crippen LogP contribution in [0.2, 0.25) is 0 Å². The highest BCUT2D eigenvalue weighted by Crippen LogP contribution is 2.35. The molecule has 1 saturated heterocycles. The molecule has 1 heteroatoms. The second-order valence-electron chi connectivity index (χ2n) is 5.49. The Morgan fingerprint density at radius 3 is 2.64 bits per heavy atom. The molecule has 1 atom stereocenters. The third kappa shape index (κ3) is 3.61. The zero-order valence-electron chi connectivity index (χ0n) is 10.2. The topological polar surface area (TPSA) is 12.0 Å². The Morgan fingerprint density at radius 2 is 2.00 bits per heavy atom. The van der Waals surface area contributed by atoms with Crippen LogP contribution in [0.3, 0.4) is 0 Å². The molecule has 1 N–H and O–H groups in total. The van der Waals surface area contributed by atoms with Crippen LogP contribution >= 0.6 is 0 Å². The van der Waals surface area contributed by atoms with Crippen molar-refractivity contribution in [3.8, 4) is 0 Å². The summed E-state index contributed by atoms with van der Waals surface area (Å²) in [5.74, 6) is 0.910. The van der Waals surface area contributed by atoms with Crippen molar-refractivity contribution in [1.29, 1.82) is 0 Å². The van der Waals surface area contributed by atoms with Crippen LogP contribution in [0.15, 0.2) is 0 Å². The Morgan fingerprint density at radius 1 is 1.21 bits per heavy atom. The van der Waals surface area contributed by atoms with Gasteiger partial charge in [-0.25, -0.2) is 0 Å². The average molecular weight is 197 g/mol. The average Bonchev–Trinajstić information content (AvgIpc) is 2.14. The molecule has 0 aromatic heterocycles. The quantitative estimate of drug-likeness (QED) is 0.664. The third-order valence-electron chi connectivity index (χ3n) is 3.85. The van der Waals surface area contributed by atoms with Gasteiger partial charge in [0.25, 0.3) is 0 Å². The van der Waals surface area contributed by atoms with Gasteiger partial charge in [0, 0.05) is 0 Å². The number of unbranched alkanes of at least 4 members (excludes halogenated alkanes) is 3. The van der Waals surface area contributed by atoms with E-state index < -0.39 is 0 Å². The fourth-order valence-corrected chi connectivity index (χ4v) is 2.48. The minimum atomic E-state index is 0.581. The van der Waals surface area contributed by atoms with Crippen LogP contribution in [-0.2, 0) is 0 Å². The van der Waals surface area contributed by atoms with Crippen LogP contribution in [0.25, 0.3) is 0 Å². The monoisotopic (exact) mass is 197 g/mol. The van der Waals surface area contributed by atoms with Crippen molar-refractivity contribution in [2.24, 2.45) is 11.3 Å². The summed E-state index contributed by atoms with van der Waals surface area (Å²) >= 11 is 0. The summed E-state index contributed by atoms with van der Waals surface area (Å²) < 4.78 is 0. The summed E-state index contributed by atoms with van der Waals surface area (Å²) in [5.41, 5.74) is 0.581.